The maximum absolute atomic E-state index is 9.24. The number of piperidine rings is 1. The predicted molar refractivity (Wildman–Crippen MR) is 72.8 cm³/mol. The van der Waals surface area contributed by atoms with Gasteiger partial charge in [-0.15, -0.1) is 0 Å². The fraction of sp³-hybridized carbons (Fsp3) is 0.533. The minimum atomic E-state index is 0.271. The first-order valence-corrected chi connectivity index (χ1v) is 6.67. The maximum Gasteiger partial charge on any atom is 0.136 e. The third-order valence-corrected chi connectivity index (χ3v) is 3.65. The van der Waals surface area contributed by atoms with Crippen LogP contribution in [-0.4, -0.2) is 36.8 Å². The fourth-order valence-electron chi connectivity index (χ4n) is 2.63. The Kier molecular flexibility index (Phi) is 4.78. The molecule has 0 radical (unpaired) electrons. The highest BCUT2D eigenvalue weighted by molar-refractivity contribution is 5.45. The standard InChI is InChI=1S/C15H20N2O2/c1-19-15-7-12(4-5-14(15)8-16)9-17-6-2-3-13(10-17)11-18/h4-5,7,13,18H,2-3,6,9-11H2,1H3. The van der Waals surface area contributed by atoms with E-state index in [1.807, 2.05) is 18.2 Å². The normalized spacial score (nSPS) is 19.9. The zero-order valence-corrected chi connectivity index (χ0v) is 11.3. The van der Waals surface area contributed by atoms with E-state index in [0.29, 0.717) is 17.2 Å². The molecule has 1 saturated heterocycles. The van der Waals surface area contributed by atoms with Gasteiger partial charge in [-0.05, 0) is 43.0 Å². The Morgan fingerprint density at radius 1 is 1.53 bits per heavy atom. The van der Waals surface area contributed by atoms with Crippen LogP contribution in [0.4, 0.5) is 0 Å². The Labute approximate surface area is 114 Å². The molecule has 0 aliphatic carbocycles. The summed E-state index contributed by atoms with van der Waals surface area (Å²) < 4.78 is 5.23. The van der Waals surface area contributed by atoms with Crippen LogP contribution < -0.4 is 4.74 Å². The second kappa shape index (κ2) is 6.55. The van der Waals surface area contributed by atoms with Crippen molar-refractivity contribution in [3.05, 3.63) is 29.3 Å². The Hall–Kier alpha value is -1.57. The lowest BCUT2D eigenvalue weighted by Crippen LogP contribution is -2.36. The molecular formula is C15H20N2O2. The topological polar surface area (TPSA) is 56.5 Å². The highest BCUT2D eigenvalue weighted by atomic mass is 16.5. The average molecular weight is 260 g/mol. The predicted octanol–water partition coefficient (Wildman–Crippen LogP) is 1.77. The molecule has 0 aromatic heterocycles. The minimum Gasteiger partial charge on any atom is -0.495 e. The van der Waals surface area contributed by atoms with Crippen molar-refractivity contribution in [3.63, 3.8) is 0 Å². The van der Waals surface area contributed by atoms with Crippen molar-refractivity contribution in [2.24, 2.45) is 5.92 Å². The van der Waals surface area contributed by atoms with Gasteiger partial charge in [0.2, 0.25) is 0 Å². The quantitative estimate of drug-likeness (QED) is 0.896. The summed E-state index contributed by atoms with van der Waals surface area (Å²) in [5.41, 5.74) is 1.72. The largest absolute Gasteiger partial charge is 0.495 e. The average Bonchev–Trinajstić information content (AvgIpc) is 2.47. The van der Waals surface area contributed by atoms with Gasteiger partial charge in [0.05, 0.1) is 12.7 Å². The number of rotatable bonds is 4. The van der Waals surface area contributed by atoms with Crippen molar-refractivity contribution in [1.29, 1.82) is 5.26 Å². The highest BCUT2D eigenvalue weighted by Gasteiger charge is 2.19. The fourth-order valence-corrected chi connectivity index (χ4v) is 2.63. The van der Waals surface area contributed by atoms with E-state index in [-0.39, 0.29) is 6.61 Å². The number of nitrogens with zero attached hydrogens (tertiary/aromatic N) is 2. The molecule has 0 amide bonds. The number of ether oxygens (including phenoxy) is 1. The van der Waals surface area contributed by atoms with E-state index in [0.717, 1.165) is 38.0 Å². The van der Waals surface area contributed by atoms with Crippen LogP contribution in [0, 0.1) is 17.2 Å². The van der Waals surface area contributed by atoms with E-state index in [2.05, 4.69) is 11.0 Å². The van der Waals surface area contributed by atoms with E-state index in [9.17, 15) is 5.11 Å². The van der Waals surface area contributed by atoms with Crippen molar-refractivity contribution < 1.29 is 9.84 Å². The molecular weight excluding hydrogens is 240 g/mol. The Morgan fingerprint density at radius 3 is 3.05 bits per heavy atom. The number of aliphatic hydroxyl groups is 1. The first-order chi connectivity index (χ1) is 9.26. The van der Waals surface area contributed by atoms with Gasteiger partial charge in [0, 0.05) is 19.7 Å². The van der Waals surface area contributed by atoms with E-state index < -0.39 is 0 Å². The van der Waals surface area contributed by atoms with E-state index >= 15 is 0 Å². The van der Waals surface area contributed by atoms with Gasteiger partial charge < -0.3 is 9.84 Å². The summed E-state index contributed by atoms with van der Waals surface area (Å²) in [5.74, 6) is 1.03. The van der Waals surface area contributed by atoms with E-state index in [1.54, 1.807) is 7.11 Å². The third kappa shape index (κ3) is 3.46. The SMILES string of the molecule is COc1cc(CN2CCCC(CO)C2)ccc1C#N. The van der Waals surface area contributed by atoms with Crippen LogP contribution in [0.2, 0.25) is 0 Å². The molecule has 1 aromatic carbocycles. The van der Waals surface area contributed by atoms with Crippen LogP contribution in [-0.2, 0) is 6.54 Å². The first kappa shape index (κ1) is 13.9. The monoisotopic (exact) mass is 260 g/mol. The summed E-state index contributed by atoms with van der Waals surface area (Å²) in [6, 6.07) is 7.84. The van der Waals surface area contributed by atoms with E-state index in [1.165, 1.54) is 0 Å². The molecule has 4 heteroatoms. The van der Waals surface area contributed by atoms with E-state index in [4.69, 9.17) is 10.00 Å². The molecule has 1 atom stereocenters. The number of hydrogen-bond acceptors (Lipinski definition) is 4. The summed E-state index contributed by atoms with van der Waals surface area (Å²) in [7, 11) is 1.59. The number of benzene rings is 1. The third-order valence-electron chi connectivity index (χ3n) is 3.65. The van der Waals surface area contributed by atoms with Crippen molar-refractivity contribution in [2.75, 3.05) is 26.8 Å². The van der Waals surface area contributed by atoms with Crippen LogP contribution in [0.5, 0.6) is 5.75 Å². The second-order valence-electron chi connectivity index (χ2n) is 5.07. The van der Waals surface area contributed by atoms with Crippen molar-refractivity contribution in [3.8, 4) is 11.8 Å². The molecule has 1 unspecified atom stereocenters. The number of hydrogen-bond donors (Lipinski definition) is 1. The van der Waals surface area contributed by atoms with Crippen molar-refractivity contribution >= 4 is 0 Å². The molecule has 4 nitrogen and oxygen atoms in total. The summed E-state index contributed by atoms with van der Waals surface area (Å²) >= 11 is 0. The maximum atomic E-state index is 9.24. The number of nitriles is 1. The van der Waals surface area contributed by atoms with Crippen LogP contribution in [0.1, 0.15) is 24.0 Å². The van der Waals surface area contributed by atoms with Crippen LogP contribution in [0.15, 0.2) is 18.2 Å². The summed E-state index contributed by atoms with van der Waals surface area (Å²) in [6.45, 7) is 3.13. The summed E-state index contributed by atoms with van der Waals surface area (Å²) in [5, 5.41) is 18.2. The van der Waals surface area contributed by atoms with Gasteiger partial charge in [-0.2, -0.15) is 5.26 Å². The molecule has 1 aliphatic rings. The molecule has 19 heavy (non-hydrogen) atoms. The Morgan fingerprint density at radius 2 is 2.37 bits per heavy atom. The zero-order chi connectivity index (χ0) is 13.7. The highest BCUT2D eigenvalue weighted by Crippen LogP contribution is 2.22. The summed E-state index contributed by atoms with van der Waals surface area (Å²) in [6.07, 6.45) is 2.25. The van der Waals surface area contributed by atoms with Crippen LogP contribution in [0.25, 0.3) is 0 Å². The smallest absolute Gasteiger partial charge is 0.136 e. The second-order valence-corrected chi connectivity index (χ2v) is 5.07. The van der Waals surface area contributed by atoms with Gasteiger partial charge in [0.15, 0.2) is 0 Å². The Balaban J connectivity index is 2.05. The lowest BCUT2D eigenvalue weighted by Gasteiger charge is -2.31. The van der Waals surface area contributed by atoms with Crippen molar-refractivity contribution in [2.45, 2.75) is 19.4 Å². The van der Waals surface area contributed by atoms with Gasteiger partial charge in [0.25, 0.3) is 0 Å². The molecule has 2 rings (SSSR count). The molecule has 0 bridgehead atoms. The lowest BCUT2D eigenvalue weighted by molar-refractivity contribution is 0.116. The molecule has 1 heterocycles. The van der Waals surface area contributed by atoms with Gasteiger partial charge >= 0.3 is 0 Å². The molecule has 0 spiro atoms. The van der Waals surface area contributed by atoms with Gasteiger partial charge in [-0.25, -0.2) is 0 Å². The number of methoxy groups -OCH3 is 1. The zero-order valence-electron chi connectivity index (χ0n) is 11.3. The number of likely N-dealkylation sites (tertiary alicyclic amines) is 1. The van der Waals surface area contributed by atoms with Crippen molar-refractivity contribution in [1.82, 2.24) is 4.90 Å². The molecule has 1 fully saturated rings. The summed E-state index contributed by atoms with van der Waals surface area (Å²) in [4.78, 5) is 2.35. The molecule has 1 N–H and O–H groups in total. The van der Waals surface area contributed by atoms with Gasteiger partial charge in [0.1, 0.15) is 11.8 Å². The van der Waals surface area contributed by atoms with Crippen LogP contribution in [0.3, 0.4) is 0 Å². The first-order valence-electron chi connectivity index (χ1n) is 6.67. The molecule has 1 aliphatic heterocycles. The Bertz CT molecular complexity index is 468. The minimum absolute atomic E-state index is 0.271. The van der Waals surface area contributed by atoms with Gasteiger partial charge in [-0.3, -0.25) is 4.90 Å². The molecule has 1 aromatic rings. The lowest BCUT2D eigenvalue weighted by atomic mass is 9.98. The molecule has 0 saturated carbocycles. The van der Waals surface area contributed by atoms with Crippen LogP contribution >= 0.6 is 0 Å². The molecule has 102 valence electrons. The van der Waals surface area contributed by atoms with Gasteiger partial charge in [-0.1, -0.05) is 6.07 Å². The number of aliphatic hydroxyl groups excluding tert-OH is 1.